The van der Waals surface area contributed by atoms with E-state index in [4.69, 9.17) is 4.74 Å². The van der Waals surface area contributed by atoms with Crippen molar-refractivity contribution in [3.05, 3.63) is 82.2 Å². The Labute approximate surface area is 216 Å². The summed E-state index contributed by atoms with van der Waals surface area (Å²) in [4.78, 5) is 26.7. The van der Waals surface area contributed by atoms with Crippen LogP contribution in [-0.4, -0.2) is 51.6 Å². The zero-order chi connectivity index (χ0) is 26.9. The highest BCUT2D eigenvalue weighted by Gasteiger charge is 2.27. The average Bonchev–Trinajstić information content (AvgIpc) is 3.08. The van der Waals surface area contributed by atoms with Gasteiger partial charge in [-0.3, -0.25) is 9.59 Å². The molecule has 2 amide bonds. The fourth-order valence-corrected chi connectivity index (χ4v) is 5.35. The molecule has 0 saturated carbocycles. The Balaban J connectivity index is 1.67. The number of aryl methyl sites for hydroxylation is 1. The second-order valence-corrected chi connectivity index (χ2v) is 11.0. The fraction of sp³-hybridized carbons (Fsp3) is 0.286. The molecule has 4 rings (SSSR count). The van der Waals surface area contributed by atoms with Crippen LogP contribution in [0.4, 0.5) is 4.39 Å². The molecule has 0 bridgehead atoms. The van der Waals surface area contributed by atoms with Gasteiger partial charge in [-0.25, -0.2) is 12.8 Å². The number of halogens is 1. The quantitative estimate of drug-likeness (QED) is 0.541. The molecule has 1 aliphatic heterocycles. The zero-order valence-electron chi connectivity index (χ0n) is 21.2. The SMILES string of the molecule is CCc1c(C(=O)N2CCOc3ccc(-c4ccc(C(=O)NC)c(C)c4)cc3C2)ccc(S(C)(=O)=O)c1F. The Morgan fingerprint density at radius 3 is 2.38 bits per heavy atom. The molecule has 0 fully saturated rings. The van der Waals surface area contributed by atoms with Crippen LogP contribution in [0, 0.1) is 12.7 Å². The van der Waals surface area contributed by atoms with E-state index in [0.717, 1.165) is 34.6 Å². The van der Waals surface area contributed by atoms with Crippen LogP contribution in [0.3, 0.4) is 0 Å². The number of hydrogen-bond donors (Lipinski definition) is 1. The second kappa shape index (κ2) is 10.3. The molecule has 0 atom stereocenters. The Morgan fingerprint density at radius 1 is 1.05 bits per heavy atom. The molecule has 3 aromatic rings. The molecule has 0 aliphatic carbocycles. The predicted molar refractivity (Wildman–Crippen MR) is 139 cm³/mol. The minimum absolute atomic E-state index is 0.0822. The van der Waals surface area contributed by atoms with Gasteiger partial charge >= 0.3 is 0 Å². The maximum absolute atomic E-state index is 15.1. The number of ether oxygens (including phenoxy) is 1. The lowest BCUT2D eigenvalue weighted by molar-refractivity contribution is 0.0731. The minimum atomic E-state index is -3.76. The van der Waals surface area contributed by atoms with Crippen molar-refractivity contribution < 1.29 is 27.1 Å². The highest BCUT2D eigenvalue weighted by atomic mass is 32.2. The summed E-state index contributed by atoms with van der Waals surface area (Å²) in [6.07, 6.45) is 1.12. The summed E-state index contributed by atoms with van der Waals surface area (Å²) in [7, 11) is -2.17. The highest BCUT2D eigenvalue weighted by molar-refractivity contribution is 7.90. The maximum Gasteiger partial charge on any atom is 0.254 e. The Kier molecular flexibility index (Phi) is 7.36. The summed E-state index contributed by atoms with van der Waals surface area (Å²) >= 11 is 0. The summed E-state index contributed by atoms with van der Waals surface area (Å²) in [6, 6.07) is 13.9. The number of carbonyl (C=O) groups is 2. The monoisotopic (exact) mass is 524 g/mol. The first-order valence-electron chi connectivity index (χ1n) is 11.9. The van der Waals surface area contributed by atoms with Gasteiger partial charge in [0.2, 0.25) is 0 Å². The number of hydrogen-bond acceptors (Lipinski definition) is 5. The van der Waals surface area contributed by atoms with Crippen LogP contribution < -0.4 is 10.1 Å². The molecule has 7 nitrogen and oxygen atoms in total. The lowest BCUT2D eigenvalue weighted by Gasteiger charge is -2.22. The van der Waals surface area contributed by atoms with Gasteiger partial charge in [-0.15, -0.1) is 0 Å². The number of carbonyl (C=O) groups excluding carboxylic acids is 2. The van der Waals surface area contributed by atoms with E-state index >= 15 is 4.39 Å². The van der Waals surface area contributed by atoms with Crippen molar-refractivity contribution in [2.75, 3.05) is 26.5 Å². The van der Waals surface area contributed by atoms with Crippen LogP contribution in [0.15, 0.2) is 53.4 Å². The molecule has 1 heterocycles. The fourth-order valence-electron chi connectivity index (χ4n) is 4.58. The van der Waals surface area contributed by atoms with Gasteiger partial charge in [0, 0.05) is 42.1 Å². The van der Waals surface area contributed by atoms with Crippen LogP contribution >= 0.6 is 0 Å². The van der Waals surface area contributed by atoms with Crippen LogP contribution in [0.5, 0.6) is 5.75 Å². The molecule has 0 radical (unpaired) electrons. The van der Waals surface area contributed by atoms with Crippen LogP contribution in [0.1, 0.15) is 44.3 Å². The summed E-state index contributed by atoms with van der Waals surface area (Å²) < 4.78 is 44.8. The maximum atomic E-state index is 15.1. The van der Waals surface area contributed by atoms with Crippen molar-refractivity contribution in [1.29, 1.82) is 0 Å². The van der Waals surface area contributed by atoms with Crippen molar-refractivity contribution >= 4 is 21.7 Å². The van der Waals surface area contributed by atoms with Crippen LogP contribution in [0.25, 0.3) is 11.1 Å². The molecule has 0 saturated heterocycles. The van der Waals surface area contributed by atoms with E-state index in [1.165, 1.54) is 6.07 Å². The van der Waals surface area contributed by atoms with E-state index in [1.54, 1.807) is 24.9 Å². The van der Waals surface area contributed by atoms with Crippen LogP contribution in [-0.2, 0) is 22.8 Å². The molecule has 0 spiro atoms. The molecule has 194 valence electrons. The third kappa shape index (κ3) is 5.22. The molecule has 1 N–H and O–H groups in total. The molecule has 1 aliphatic rings. The second-order valence-electron chi connectivity index (χ2n) is 9.04. The van der Waals surface area contributed by atoms with E-state index < -0.39 is 20.5 Å². The normalized spacial score (nSPS) is 13.4. The zero-order valence-corrected chi connectivity index (χ0v) is 22.0. The van der Waals surface area contributed by atoms with Crippen molar-refractivity contribution in [1.82, 2.24) is 10.2 Å². The molecular formula is C28H29FN2O5S. The number of benzene rings is 3. The smallest absolute Gasteiger partial charge is 0.254 e. The molecule has 37 heavy (non-hydrogen) atoms. The third-order valence-electron chi connectivity index (χ3n) is 6.55. The molecular weight excluding hydrogens is 495 g/mol. The first kappa shape index (κ1) is 26.3. The van der Waals surface area contributed by atoms with E-state index in [9.17, 15) is 18.0 Å². The summed E-state index contributed by atoms with van der Waals surface area (Å²) in [5.41, 5.74) is 4.28. The number of amides is 2. The van der Waals surface area contributed by atoms with Gasteiger partial charge in [-0.1, -0.05) is 25.1 Å². The van der Waals surface area contributed by atoms with Gasteiger partial charge in [-0.2, -0.15) is 0 Å². The van der Waals surface area contributed by atoms with E-state index in [-0.39, 0.29) is 42.5 Å². The highest BCUT2D eigenvalue weighted by Crippen LogP contribution is 2.31. The molecule has 0 aromatic heterocycles. The van der Waals surface area contributed by atoms with Gasteiger partial charge in [0.1, 0.15) is 23.1 Å². The van der Waals surface area contributed by atoms with Crippen LogP contribution in [0.2, 0.25) is 0 Å². The minimum Gasteiger partial charge on any atom is -0.491 e. The molecule has 9 heteroatoms. The number of rotatable bonds is 5. The van der Waals surface area contributed by atoms with E-state index in [2.05, 4.69) is 5.32 Å². The molecule has 0 unspecified atom stereocenters. The number of fused-ring (bicyclic) bond motifs is 1. The topological polar surface area (TPSA) is 92.8 Å². The Morgan fingerprint density at radius 2 is 1.73 bits per heavy atom. The standard InChI is InChI=1S/C28H29FN2O5S/c1-5-21-23(9-11-25(26(21)29)37(4,34)35)28(33)31-12-13-36-24-10-7-19(15-20(24)16-31)18-6-8-22(17(2)14-18)27(32)30-3/h6-11,14-15H,5,12-13,16H2,1-4H3,(H,30,32). The first-order valence-corrected chi connectivity index (χ1v) is 13.8. The molecule has 3 aromatic carbocycles. The van der Waals surface area contributed by atoms with Crippen molar-refractivity contribution in [2.24, 2.45) is 0 Å². The number of nitrogens with zero attached hydrogens (tertiary/aromatic N) is 1. The third-order valence-corrected chi connectivity index (χ3v) is 7.66. The Hall–Kier alpha value is -3.72. The van der Waals surface area contributed by atoms with Gasteiger partial charge < -0.3 is 15.0 Å². The lowest BCUT2D eigenvalue weighted by atomic mass is 9.97. The summed E-state index contributed by atoms with van der Waals surface area (Å²) in [5.74, 6) is -0.753. The van der Waals surface area contributed by atoms with Gasteiger partial charge in [-0.05, 0) is 60.4 Å². The van der Waals surface area contributed by atoms with E-state index in [1.807, 2.05) is 37.3 Å². The summed E-state index contributed by atoms with van der Waals surface area (Å²) in [5, 5.41) is 2.63. The Bertz CT molecular complexity index is 1500. The van der Waals surface area contributed by atoms with Crippen molar-refractivity contribution in [3.8, 4) is 16.9 Å². The van der Waals surface area contributed by atoms with Crippen molar-refractivity contribution in [3.63, 3.8) is 0 Å². The first-order chi connectivity index (χ1) is 17.5. The van der Waals surface area contributed by atoms with E-state index in [0.29, 0.717) is 17.9 Å². The van der Waals surface area contributed by atoms with Gasteiger partial charge in [0.05, 0.1) is 6.54 Å². The number of sulfone groups is 1. The summed E-state index contributed by atoms with van der Waals surface area (Å²) in [6.45, 7) is 4.37. The lowest BCUT2D eigenvalue weighted by Crippen LogP contribution is -2.33. The van der Waals surface area contributed by atoms with Crippen molar-refractivity contribution in [2.45, 2.75) is 31.7 Å². The van der Waals surface area contributed by atoms with Gasteiger partial charge in [0.25, 0.3) is 11.8 Å². The average molecular weight is 525 g/mol. The predicted octanol–water partition coefficient (Wildman–Crippen LogP) is 4.16. The number of nitrogens with one attached hydrogen (secondary N) is 1. The largest absolute Gasteiger partial charge is 0.491 e. The van der Waals surface area contributed by atoms with Gasteiger partial charge in [0.15, 0.2) is 9.84 Å².